The SMILES string of the molecule is Cc1ccc(OCCc2nnc(NC(=O)c3cnc(C)[nH]3)s2)cc1. The first-order chi connectivity index (χ1) is 11.6. The van der Waals surface area contributed by atoms with Crippen molar-refractivity contribution < 1.29 is 9.53 Å². The van der Waals surface area contributed by atoms with E-state index in [2.05, 4.69) is 25.5 Å². The normalized spacial score (nSPS) is 10.6. The molecule has 0 spiro atoms. The van der Waals surface area contributed by atoms with E-state index in [0.29, 0.717) is 29.7 Å². The van der Waals surface area contributed by atoms with E-state index >= 15 is 0 Å². The molecule has 0 aliphatic carbocycles. The van der Waals surface area contributed by atoms with E-state index in [1.165, 1.54) is 23.1 Å². The van der Waals surface area contributed by atoms with Crippen molar-refractivity contribution >= 4 is 22.4 Å². The molecule has 2 N–H and O–H groups in total. The smallest absolute Gasteiger partial charge is 0.275 e. The van der Waals surface area contributed by atoms with Crippen LogP contribution in [0.1, 0.15) is 26.9 Å². The number of hydrogen-bond donors (Lipinski definition) is 2. The number of benzene rings is 1. The van der Waals surface area contributed by atoms with Crippen molar-refractivity contribution in [3.05, 3.63) is 52.6 Å². The summed E-state index contributed by atoms with van der Waals surface area (Å²) >= 11 is 1.33. The number of anilines is 1. The predicted molar refractivity (Wildman–Crippen MR) is 91.6 cm³/mol. The van der Waals surface area contributed by atoms with Crippen LogP contribution in [0.15, 0.2) is 30.5 Å². The third-order valence-corrected chi connectivity index (χ3v) is 4.14. The molecule has 0 unspecified atom stereocenters. The van der Waals surface area contributed by atoms with Crippen molar-refractivity contribution in [2.75, 3.05) is 11.9 Å². The third kappa shape index (κ3) is 4.17. The zero-order chi connectivity index (χ0) is 16.9. The lowest BCUT2D eigenvalue weighted by molar-refractivity contribution is 0.102. The summed E-state index contributed by atoms with van der Waals surface area (Å²) < 4.78 is 5.67. The maximum absolute atomic E-state index is 12.0. The fraction of sp³-hybridized carbons (Fsp3) is 0.250. The highest BCUT2D eigenvalue weighted by Crippen LogP contribution is 2.17. The lowest BCUT2D eigenvalue weighted by Gasteiger charge is -2.04. The van der Waals surface area contributed by atoms with Gasteiger partial charge in [0.25, 0.3) is 5.91 Å². The van der Waals surface area contributed by atoms with E-state index in [1.807, 2.05) is 31.2 Å². The molecule has 0 aliphatic rings. The first-order valence-electron chi connectivity index (χ1n) is 7.45. The monoisotopic (exact) mass is 343 g/mol. The van der Waals surface area contributed by atoms with Crippen LogP contribution in [0.4, 0.5) is 5.13 Å². The quantitative estimate of drug-likeness (QED) is 0.718. The van der Waals surface area contributed by atoms with Gasteiger partial charge < -0.3 is 9.72 Å². The molecule has 0 aliphatic heterocycles. The fourth-order valence-electron chi connectivity index (χ4n) is 2.00. The van der Waals surface area contributed by atoms with E-state index in [0.717, 1.165) is 10.8 Å². The number of imidazole rings is 1. The molecule has 0 radical (unpaired) electrons. The standard InChI is InChI=1S/C16H17N5O2S/c1-10-3-5-12(6-4-10)23-8-7-14-20-21-16(24-14)19-15(22)13-9-17-11(2)18-13/h3-6,9H,7-8H2,1-2H3,(H,17,18)(H,19,21,22). The van der Waals surface area contributed by atoms with Crippen molar-refractivity contribution in [2.45, 2.75) is 20.3 Å². The topological polar surface area (TPSA) is 92.8 Å². The number of aromatic amines is 1. The molecule has 0 atom stereocenters. The van der Waals surface area contributed by atoms with Gasteiger partial charge >= 0.3 is 0 Å². The minimum absolute atomic E-state index is 0.283. The molecule has 3 aromatic rings. The molecule has 2 aromatic heterocycles. The van der Waals surface area contributed by atoms with Crippen molar-refractivity contribution in [1.82, 2.24) is 20.2 Å². The van der Waals surface area contributed by atoms with E-state index in [-0.39, 0.29) is 5.91 Å². The number of nitrogens with one attached hydrogen (secondary N) is 2. The zero-order valence-corrected chi connectivity index (χ0v) is 14.2. The van der Waals surface area contributed by atoms with E-state index in [1.54, 1.807) is 6.92 Å². The van der Waals surface area contributed by atoms with Gasteiger partial charge in [-0.2, -0.15) is 0 Å². The van der Waals surface area contributed by atoms with Crippen molar-refractivity contribution in [3.8, 4) is 5.75 Å². The van der Waals surface area contributed by atoms with Gasteiger partial charge in [0.2, 0.25) is 5.13 Å². The van der Waals surface area contributed by atoms with Crippen LogP contribution in [0, 0.1) is 13.8 Å². The minimum atomic E-state index is -0.283. The minimum Gasteiger partial charge on any atom is -0.493 e. The van der Waals surface area contributed by atoms with Gasteiger partial charge in [-0.15, -0.1) is 10.2 Å². The Morgan fingerprint density at radius 2 is 2.04 bits per heavy atom. The molecule has 7 nitrogen and oxygen atoms in total. The first kappa shape index (κ1) is 16.1. The van der Waals surface area contributed by atoms with Crippen molar-refractivity contribution in [1.29, 1.82) is 0 Å². The van der Waals surface area contributed by atoms with Crippen LogP contribution in [-0.2, 0) is 6.42 Å². The van der Waals surface area contributed by atoms with Gasteiger partial charge in [-0.1, -0.05) is 29.0 Å². The molecule has 8 heteroatoms. The Morgan fingerprint density at radius 1 is 1.25 bits per heavy atom. The van der Waals surface area contributed by atoms with E-state index in [4.69, 9.17) is 4.74 Å². The summed E-state index contributed by atoms with van der Waals surface area (Å²) in [5.41, 5.74) is 1.59. The summed E-state index contributed by atoms with van der Waals surface area (Å²) in [5, 5.41) is 12.0. The van der Waals surface area contributed by atoms with Gasteiger partial charge in [-0.05, 0) is 26.0 Å². The number of amides is 1. The zero-order valence-electron chi connectivity index (χ0n) is 13.4. The largest absolute Gasteiger partial charge is 0.493 e. The number of carbonyl (C=O) groups excluding carboxylic acids is 1. The lowest BCUT2D eigenvalue weighted by atomic mass is 10.2. The molecule has 3 rings (SSSR count). The number of carbonyl (C=O) groups is 1. The van der Waals surface area contributed by atoms with E-state index in [9.17, 15) is 4.79 Å². The number of rotatable bonds is 6. The summed E-state index contributed by atoms with van der Waals surface area (Å²) in [4.78, 5) is 18.9. The maximum atomic E-state index is 12.0. The maximum Gasteiger partial charge on any atom is 0.275 e. The molecule has 2 heterocycles. The Morgan fingerprint density at radius 3 is 2.75 bits per heavy atom. The Bertz CT molecular complexity index is 825. The third-order valence-electron chi connectivity index (χ3n) is 3.24. The molecule has 24 heavy (non-hydrogen) atoms. The van der Waals surface area contributed by atoms with Crippen LogP contribution >= 0.6 is 11.3 Å². The second kappa shape index (κ2) is 7.22. The summed E-state index contributed by atoms with van der Waals surface area (Å²) in [7, 11) is 0. The van der Waals surface area contributed by atoms with Crippen LogP contribution < -0.4 is 10.1 Å². The van der Waals surface area contributed by atoms with Crippen LogP contribution in [0.5, 0.6) is 5.75 Å². The fourth-order valence-corrected chi connectivity index (χ4v) is 2.71. The van der Waals surface area contributed by atoms with Crippen molar-refractivity contribution in [3.63, 3.8) is 0 Å². The van der Waals surface area contributed by atoms with Gasteiger partial charge in [0, 0.05) is 6.42 Å². The van der Waals surface area contributed by atoms with Gasteiger partial charge in [0.05, 0.1) is 12.8 Å². The summed E-state index contributed by atoms with van der Waals surface area (Å²) in [6.45, 7) is 4.32. The predicted octanol–water partition coefficient (Wildman–Crippen LogP) is 2.75. The highest BCUT2D eigenvalue weighted by Gasteiger charge is 2.12. The molecule has 0 bridgehead atoms. The second-order valence-electron chi connectivity index (χ2n) is 5.25. The molecular weight excluding hydrogens is 326 g/mol. The average Bonchev–Trinajstić information content (AvgIpc) is 3.18. The second-order valence-corrected chi connectivity index (χ2v) is 6.31. The first-order valence-corrected chi connectivity index (χ1v) is 8.26. The highest BCUT2D eigenvalue weighted by atomic mass is 32.1. The van der Waals surface area contributed by atoms with Gasteiger partial charge in [-0.3, -0.25) is 10.1 Å². The number of ether oxygens (including phenoxy) is 1. The van der Waals surface area contributed by atoms with Crippen molar-refractivity contribution in [2.24, 2.45) is 0 Å². The Hall–Kier alpha value is -2.74. The van der Waals surface area contributed by atoms with Crippen LogP contribution in [0.2, 0.25) is 0 Å². The Labute approximate surface area is 143 Å². The average molecular weight is 343 g/mol. The molecule has 0 saturated heterocycles. The Kier molecular flexibility index (Phi) is 4.85. The van der Waals surface area contributed by atoms with Gasteiger partial charge in [0.15, 0.2) is 0 Å². The molecule has 0 saturated carbocycles. The number of nitrogens with zero attached hydrogens (tertiary/aromatic N) is 3. The summed E-state index contributed by atoms with van der Waals surface area (Å²) in [6.07, 6.45) is 2.12. The molecule has 1 amide bonds. The molecular formula is C16H17N5O2S. The summed E-state index contributed by atoms with van der Waals surface area (Å²) in [6, 6.07) is 7.89. The van der Waals surface area contributed by atoms with Crippen LogP contribution in [0.25, 0.3) is 0 Å². The highest BCUT2D eigenvalue weighted by molar-refractivity contribution is 7.15. The van der Waals surface area contributed by atoms with E-state index < -0.39 is 0 Å². The molecule has 124 valence electrons. The van der Waals surface area contributed by atoms with Crippen LogP contribution in [0.3, 0.4) is 0 Å². The summed E-state index contributed by atoms with van der Waals surface area (Å²) in [5.74, 6) is 1.23. The number of aryl methyl sites for hydroxylation is 2. The number of H-pyrrole nitrogens is 1. The van der Waals surface area contributed by atoms with Gasteiger partial charge in [0.1, 0.15) is 22.3 Å². The lowest BCUT2D eigenvalue weighted by Crippen LogP contribution is -2.12. The van der Waals surface area contributed by atoms with Gasteiger partial charge in [-0.25, -0.2) is 4.98 Å². The molecule has 0 fully saturated rings. The molecule has 1 aromatic carbocycles. The van der Waals surface area contributed by atoms with Crippen LogP contribution in [-0.4, -0.2) is 32.7 Å². The Balaban J connectivity index is 1.50. The number of hydrogen-bond acceptors (Lipinski definition) is 6. The number of aromatic nitrogens is 4.